The van der Waals surface area contributed by atoms with Crippen LogP contribution in [0, 0.1) is 12.7 Å². The van der Waals surface area contributed by atoms with Crippen molar-refractivity contribution in [2.45, 2.75) is 26.3 Å². The van der Waals surface area contributed by atoms with Crippen molar-refractivity contribution >= 4 is 38.8 Å². The van der Waals surface area contributed by atoms with Crippen LogP contribution in [0.1, 0.15) is 27.2 Å². The summed E-state index contributed by atoms with van der Waals surface area (Å²) in [7, 11) is 0. The zero-order valence-corrected chi connectivity index (χ0v) is 16.5. The molecule has 3 aromatic heterocycles. The number of aryl methyl sites for hydroxylation is 1. The van der Waals surface area contributed by atoms with Crippen molar-refractivity contribution in [3.8, 4) is 5.69 Å². The zero-order valence-electron chi connectivity index (χ0n) is 14.9. The summed E-state index contributed by atoms with van der Waals surface area (Å²) in [4.78, 5) is 15.5. The Labute approximate surface area is 164 Å². The van der Waals surface area contributed by atoms with Crippen molar-refractivity contribution < 1.29 is 9.18 Å². The average Bonchev–Trinajstić information content (AvgIpc) is 3.34. The highest BCUT2D eigenvalue weighted by molar-refractivity contribution is 7.20. The minimum atomic E-state index is -0.287. The van der Waals surface area contributed by atoms with Crippen molar-refractivity contribution in [1.29, 1.82) is 0 Å². The molecule has 4 rings (SSSR count). The van der Waals surface area contributed by atoms with Crippen LogP contribution in [-0.2, 0) is 6.42 Å². The summed E-state index contributed by atoms with van der Waals surface area (Å²) in [5, 5.41) is 10.6. The molecule has 27 heavy (non-hydrogen) atoms. The molecule has 0 radical (unpaired) electrons. The van der Waals surface area contributed by atoms with Crippen LogP contribution in [0.4, 0.5) is 4.39 Å². The molecule has 0 aliphatic rings. The smallest absolute Gasteiger partial charge is 0.261 e. The van der Waals surface area contributed by atoms with Crippen LogP contribution < -0.4 is 5.32 Å². The van der Waals surface area contributed by atoms with Gasteiger partial charge >= 0.3 is 0 Å². The Morgan fingerprint density at radius 3 is 2.78 bits per heavy atom. The Bertz CT molecular complexity index is 1080. The van der Waals surface area contributed by atoms with E-state index in [-0.39, 0.29) is 17.8 Å². The van der Waals surface area contributed by atoms with Gasteiger partial charge in [-0.2, -0.15) is 5.10 Å². The van der Waals surface area contributed by atoms with Gasteiger partial charge in [0, 0.05) is 22.7 Å². The van der Waals surface area contributed by atoms with Gasteiger partial charge in [-0.15, -0.1) is 22.7 Å². The van der Waals surface area contributed by atoms with Crippen LogP contribution in [0.25, 0.3) is 15.9 Å². The molecule has 138 valence electrons. The lowest BCUT2D eigenvalue weighted by molar-refractivity contribution is 0.0944. The minimum absolute atomic E-state index is 0.0519. The molecule has 0 aliphatic carbocycles. The molecule has 0 saturated heterocycles. The second kappa shape index (κ2) is 7.25. The molecule has 4 nitrogen and oxygen atoms in total. The van der Waals surface area contributed by atoms with E-state index in [1.807, 2.05) is 31.4 Å². The lowest BCUT2D eigenvalue weighted by Gasteiger charge is -2.11. The van der Waals surface area contributed by atoms with Crippen molar-refractivity contribution in [2.24, 2.45) is 0 Å². The molecule has 1 amide bonds. The lowest BCUT2D eigenvalue weighted by Crippen LogP contribution is -2.33. The molecule has 1 aromatic carbocycles. The molecule has 0 bridgehead atoms. The van der Waals surface area contributed by atoms with Gasteiger partial charge in [-0.05, 0) is 55.6 Å². The third kappa shape index (κ3) is 3.65. The highest BCUT2D eigenvalue weighted by Gasteiger charge is 2.18. The molecule has 1 atom stereocenters. The normalized spacial score (nSPS) is 12.4. The van der Waals surface area contributed by atoms with Crippen LogP contribution >= 0.6 is 22.7 Å². The van der Waals surface area contributed by atoms with Crippen molar-refractivity contribution in [3.05, 3.63) is 69.1 Å². The van der Waals surface area contributed by atoms with E-state index in [2.05, 4.69) is 16.5 Å². The number of nitrogens with zero attached hydrogens (tertiary/aromatic N) is 2. The third-order valence-electron chi connectivity index (χ3n) is 4.30. The Hall–Kier alpha value is -2.51. The van der Waals surface area contributed by atoms with Crippen LogP contribution in [-0.4, -0.2) is 21.7 Å². The maximum absolute atomic E-state index is 13.2. The molecule has 3 heterocycles. The number of carbonyl (C=O) groups excluding carboxylic acids is 1. The number of benzene rings is 1. The van der Waals surface area contributed by atoms with Crippen molar-refractivity contribution in [1.82, 2.24) is 15.1 Å². The van der Waals surface area contributed by atoms with Crippen LogP contribution in [0.5, 0.6) is 0 Å². The predicted molar refractivity (Wildman–Crippen MR) is 109 cm³/mol. The molecule has 1 N–H and O–H groups in total. The number of aromatic nitrogens is 2. The van der Waals surface area contributed by atoms with E-state index in [0.717, 1.165) is 28.0 Å². The maximum Gasteiger partial charge on any atom is 0.261 e. The van der Waals surface area contributed by atoms with Gasteiger partial charge in [0.25, 0.3) is 5.91 Å². The number of nitrogens with one attached hydrogen (secondary N) is 1. The number of halogens is 1. The van der Waals surface area contributed by atoms with Crippen LogP contribution in [0.15, 0.2) is 47.8 Å². The van der Waals surface area contributed by atoms with Gasteiger partial charge in [-0.1, -0.05) is 6.07 Å². The standard InChI is InChI=1S/C20H18FN3OS2/c1-12(10-16-4-3-9-26-16)22-19(25)18-11-17-13(2)23-24(20(17)27-18)15-7-5-14(21)6-8-15/h3-9,11-12H,10H2,1-2H3,(H,22,25). The first-order chi connectivity index (χ1) is 13.0. The van der Waals surface area contributed by atoms with Gasteiger partial charge in [-0.3, -0.25) is 4.79 Å². The number of hydrogen-bond acceptors (Lipinski definition) is 4. The summed E-state index contributed by atoms with van der Waals surface area (Å²) < 4.78 is 15.0. The number of thiophene rings is 2. The van der Waals surface area contributed by atoms with Gasteiger partial charge in [0.1, 0.15) is 10.6 Å². The fourth-order valence-electron chi connectivity index (χ4n) is 2.99. The van der Waals surface area contributed by atoms with Gasteiger partial charge in [0.05, 0.1) is 16.3 Å². The topological polar surface area (TPSA) is 46.9 Å². The predicted octanol–water partition coefficient (Wildman–Crippen LogP) is 4.96. The van der Waals surface area contributed by atoms with Crippen molar-refractivity contribution in [2.75, 3.05) is 0 Å². The van der Waals surface area contributed by atoms with Crippen LogP contribution in [0.2, 0.25) is 0 Å². The first kappa shape index (κ1) is 17.9. The summed E-state index contributed by atoms with van der Waals surface area (Å²) in [6.07, 6.45) is 0.816. The summed E-state index contributed by atoms with van der Waals surface area (Å²) in [6.45, 7) is 3.92. The summed E-state index contributed by atoms with van der Waals surface area (Å²) in [5.74, 6) is -0.366. The zero-order chi connectivity index (χ0) is 19.0. The molecule has 4 aromatic rings. The highest BCUT2D eigenvalue weighted by Crippen LogP contribution is 2.30. The first-order valence-electron chi connectivity index (χ1n) is 8.59. The van der Waals surface area contributed by atoms with E-state index in [9.17, 15) is 9.18 Å². The van der Waals surface area contributed by atoms with Gasteiger partial charge in [0.2, 0.25) is 0 Å². The molecule has 7 heteroatoms. The second-order valence-electron chi connectivity index (χ2n) is 6.46. The van der Waals surface area contributed by atoms with E-state index in [1.54, 1.807) is 28.2 Å². The molecule has 0 spiro atoms. The number of hydrogen-bond donors (Lipinski definition) is 1. The minimum Gasteiger partial charge on any atom is -0.349 e. The van der Waals surface area contributed by atoms with E-state index in [1.165, 1.54) is 28.3 Å². The number of amides is 1. The monoisotopic (exact) mass is 399 g/mol. The summed E-state index contributed by atoms with van der Waals surface area (Å²) in [5.41, 5.74) is 1.62. The molecular formula is C20H18FN3OS2. The van der Waals surface area contributed by atoms with E-state index < -0.39 is 0 Å². The van der Waals surface area contributed by atoms with Crippen molar-refractivity contribution in [3.63, 3.8) is 0 Å². The third-order valence-corrected chi connectivity index (χ3v) is 6.31. The van der Waals surface area contributed by atoms with Gasteiger partial charge < -0.3 is 5.32 Å². The second-order valence-corrected chi connectivity index (χ2v) is 8.52. The molecule has 0 aliphatic heterocycles. The largest absolute Gasteiger partial charge is 0.349 e. The lowest BCUT2D eigenvalue weighted by atomic mass is 10.2. The number of rotatable bonds is 5. The average molecular weight is 400 g/mol. The molecule has 1 unspecified atom stereocenters. The molecule has 0 fully saturated rings. The number of fused-ring (bicyclic) bond motifs is 1. The maximum atomic E-state index is 13.2. The Morgan fingerprint density at radius 1 is 1.30 bits per heavy atom. The van der Waals surface area contributed by atoms with E-state index in [0.29, 0.717) is 4.88 Å². The Morgan fingerprint density at radius 2 is 2.07 bits per heavy atom. The fourth-order valence-corrected chi connectivity index (χ4v) is 4.91. The highest BCUT2D eigenvalue weighted by atomic mass is 32.1. The van der Waals surface area contributed by atoms with E-state index in [4.69, 9.17) is 0 Å². The van der Waals surface area contributed by atoms with Gasteiger partial charge in [-0.25, -0.2) is 9.07 Å². The Kier molecular flexibility index (Phi) is 4.80. The quantitative estimate of drug-likeness (QED) is 0.516. The first-order valence-corrected chi connectivity index (χ1v) is 10.3. The summed E-state index contributed by atoms with van der Waals surface area (Å²) in [6, 6.07) is 12.2. The van der Waals surface area contributed by atoms with Gasteiger partial charge in [0.15, 0.2) is 0 Å². The fraction of sp³-hybridized carbons (Fsp3) is 0.200. The Balaban J connectivity index is 1.58. The van der Waals surface area contributed by atoms with E-state index >= 15 is 0 Å². The SMILES string of the molecule is Cc1nn(-c2ccc(F)cc2)c2sc(C(=O)NC(C)Cc3cccs3)cc12. The summed E-state index contributed by atoms with van der Waals surface area (Å²) >= 11 is 3.09. The molecule has 0 saturated carbocycles. The van der Waals surface area contributed by atoms with Crippen LogP contribution in [0.3, 0.4) is 0 Å². The number of carbonyl (C=O) groups is 1. The molecular weight excluding hydrogens is 381 g/mol.